The molecule has 0 radical (unpaired) electrons. The third-order valence-corrected chi connectivity index (χ3v) is 6.75. The maximum absolute atomic E-state index is 10.7. The standard InChI is InChI=1S/C23H18I2O3S/c24-20-9-5-4-8-19(20)18(16-6-2-1-3-7-16)12-13-29-17-10-11-22(21(25)14-17)28-15-23(26)27/h1-12,14H,13,15H2,(H,26,27)/b18-12-. The van der Waals surface area contributed by atoms with Crippen molar-refractivity contribution in [2.24, 2.45) is 0 Å². The van der Waals surface area contributed by atoms with E-state index in [1.165, 1.54) is 20.3 Å². The lowest BCUT2D eigenvalue weighted by Crippen LogP contribution is -2.10. The van der Waals surface area contributed by atoms with Crippen LogP contribution in [0, 0.1) is 7.14 Å². The summed E-state index contributed by atoms with van der Waals surface area (Å²) in [6.45, 7) is -0.332. The van der Waals surface area contributed by atoms with Gasteiger partial charge < -0.3 is 9.84 Å². The third kappa shape index (κ3) is 6.48. The molecule has 0 aromatic heterocycles. The van der Waals surface area contributed by atoms with Crippen LogP contribution in [0.25, 0.3) is 5.57 Å². The Bertz CT molecular complexity index is 1020. The molecule has 3 aromatic rings. The molecule has 0 aliphatic carbocycles. The predicted octanol–water partition coefficient (Wildman–Crippen LogP) is 6.58. The van der Waals surface area contributed by atoms with Gasteiger partial charge in [0.15, 0.2) is 6.61 Å². The highest BCUT2D eigenvalue weighted by Gasteiger charge is 2.09. The molecule has 148 valence electrons. The number of benzene rings is 3. The first-order chi connectivity index (χ1) is 14.0. The van der Waals surface area contributed by atoms with Crippen molar-refractivity contribution in [2.45, 2.75) is 4.90 Å². The van der Waals surface area contributed by atoms with Gasteiger partial charge in [0.2, 0.25) is 0 Å². The fourth-order valence-electron chi connectivity index (χ4n) is 2.73. The van der Waals surface area contributed by atoms with Crippen molar-refractivity contribution in [2.75, 3.05) is 12.4 Å². The molecule has 0 fully saturated rings. The highest BCUT2D eigenvalue weighted by atomic mass is 127. The van der Waals surface area contributed by atoms with Crippen molar-refractivity contribution in [3.05, 3.63) is 97.1 Å². The Morgan fingerprint density at radius 2 is 1.69 bits per heavy atom. The van der Waals surface area contributed by atoms with Gasteiger partial charge in [0.05, 0.1) is 3.57 Å². The van der Waals surface area contributed by atoms with Gasteiger partial charge in [-0.2, -0.15) is 0 Å². The van der Waals surface area contributed by atoms with Crippen LogP contribution in [-0.4, -0.2) is 23.4 Å². The van der Waals surface area contributed by atoms with Crippen LogP contribution >= 0.6 is 56.9 Å². The number of carboxylic acid groups (broad SMARTS) is 1. The minimum absolute atomic E-state index is 0.332. The van der Waals surface area contributed by atoms with Crippen molar-refractivity contribution in [1.29, 1.82) is 0 Å². The van der Waals surface area contributed by atoms with E-state index >= 15 is 0 Å². The molecular formula is C23H18I2O3S. The van der Waals surface area contributed by atoms with E-state index in [-0.39, 0.29) is 6.61 Å². The largest absolute Gasteiger partial charge is 0.481 e. The highest BCUT2D eigenvalue weighted by Crippen LogP contribution is 2.31. The Morgan fingerprint density at radius 3 is 2.38 bits per heavy atom. The zero-order valence-electron chi connectivity index (χ0n) is 15.3. The van der Waals surface area contributed by atoms with Gasteiger partial charge in [-0.05, 0) is 86.1 Å². The lowest BCUT2D eigenvalue weighted by molar-refractivity contribution is -0.139. The number of halogens is 2. The molecular weight excluding hydrogens is 610 g/mol. The van der Waals surface area contributed by atoms with Crippen molar-refractivity contribution in [1.82, 2.24) is 0 Å². The Kier molecular flexibility index (Phi) is 8.43. The minimum Gasteiger partial charge on any atom is -0.481 e. The van der Waals surface area contributed by atoms with Crippen molar-refractivity contribution < 1.29 is 14.6 Å². The second kappa shape index (κ2) is 11.0. The van der Waals surface area contributed by atoms with Gasteiger partial charge in [0.25, 0.3) is 0 Å². The number of thioether (sulfide) groups is 1. The highest BCUT2D eigenvalue weighted by molar-refractivity contribution is 14.1. The van der Waals surface area contributed by atoms with E-state index in [2.05, 4.69) is 99.8 Å². The Balaban J connectivity index is 1.78. The van der Waals surface area contributed by atoms with Crippen LogP contribution in [0.2, 0.25) is 0 Å². The van der Waals surface area contributed by atoms with Crippen molar-refractivity contribution in [3.8, 4) is 5.75 Å². The monoisotopic (exact) mass is 628 g/mol. The predicted molar refractivity (Wildman–Crippen MR) is 136 cm³/mol. The lowest BCUT2D eigenvalue weighted by Gasteiger charge is -2.11. The zero-order chi connectivity index (χ0) is 20.6. The summed E-state index contributed by atoms with van der Waals surface area (Å²) < 4.78 is 7.42. The number of carboxylic acids is 1. The van der Waals surface area contributed by atoms with Gasteiger partial charge in [-0.15, -0.1) is 11.8 Å². The summed E-state index contributed by atoms with van der Waals surface area (Å²) in [5.74, 6) is 0.436. The molecule has 0 bridgehead atoms. The molecule has 3 aromatic carbocycles. The molecule has 0 saturated heterocycles. The average molecular weight is 628 g/mol. The third-order valence-electron chi connectivity index (χ3n) is 4.04. The fraction of sp³-hybridized carbons (Fsp3) is 0.0870. The molecule has 3 rings (SSSR count). The van der Waals surface area contributed by atoms with Gasteiger partial charge in [-0.25, -0.2) is 4.79 Å². The van der Waals surface area contributed by atoms with E-state index in [1.54, 1.807) is 11.8 Å². The Hall–Kier alpha value is -1.52. The molecule has 0 heterocycles. The number of rotatable bonds is 8. The normalized spacial score (nSPS) is 11.3. The molecule has 0 atom stereocenters. The summed E-state index contributed by atoms with van der Waals surface area (Å²) in [5, 5.41) is 8.76. The SMILES string of the molecule is O=C(O)COc1ccc(SC/C=C(/c2ccccc2)c2ccccc2I)cc1I. The zero-order valence-corrected chi connectivity index (χ0v) is 20.5. The molecule has 6 heteroatoms. The average Bonchev–Trinajstić information content (AvgIpc) is 2.72. The molecule has 1 N–H and O–H groups in total. The maximum Gasteiger partial charge on any atom is 0.341 e. The Morgan fingerprint density at radius 1 is 0.966 bits per heavy atom. The number of hydrogen-bond acceptors (Lipinski definition) is 3. The first kappa shape index (κ1) is 22.2. The summed E-state index contributed by atoms with van der Waals surface area (Å²) >= 11 is 6.29. The van der Waals surface area contributed by atoms with Gasteiger partial charge >= 0.3 is 5.97 Å². The summed E-state index contributed by atoms with van der Waals surface area (Å²) in [6.07, 6.45) is 2.26. The molecule has 0 spiro atoms. The van der Waals surface area contributed by atoms with E-state index in [4.69, 9.17) is 9.84 Å². The van der Waals surface area contributed by atoms with E-state index in [1.807, 2.05) is 24.3 Å². The number of carbonyl (C=O) groups is 1. The summed E-state index contributed by atoms with van der Waals surface area (Å²) in [6, 6.07) is 24.6. The van der Waals surface area contributed by atoms with Crippen LogP contribution in [0.15, 0.2) is 83.8 Å². The summed E-state index contributed by atoms with van der Waals surface area (Å²) in [5.41, 5.74) is 3.65. The van der Waals surface area contributed by atoms with Crippen LogP contribution in [0.1, 0.15) is 11.1 Å². The van der Waals surface area contributed by atoms with Crippen LogP contribution < -0.4 is 4.74 Å². The Labute approximate surface area is 201 Å². The molecule has 0 saturated carbocycles. The summed E-state index contributed by atoms with van der Waals surface area (Å²) in [7, 11) is 0. The van der Waals surface area contributed by atoms with E-state index in [0.29, 0.717) is 5.75 Å². The first-order valence-corrected chi connectivity index (χ1v) is 12.0. The number of ether oxygens (including phenoxy) is 1. The van der Waals surface area contributed by atoms with Gasteiger partial charge in [0, 0.05) is 14.2 Å². The second-order valence-electron chi connectivity index (χ2n) is 6.05. The molecule has 29 heavy (non-hydrogen) atoms. The van der Waals surface area contributed by atoms with Gasteiger partial charge in [0.1, 0.15) is 5.75 Å². The van der Waals surface area contributed by atoms with E-state index in [0.717, 1.165) is 14.2 Å². The molecule has 0 aliphatic heterocycles. The lowest BCUT2D eigenvalue weighted by atomic mass is 9.98. The van der Waals surface area contributed by atoms with Gasteiger partial charge in [-0.1, -0.05) is 54.6 Å². The molecule has 0 unspecified atom stereocenters. The van der Waals surface area contributed by atoms with Crippen molar-refractivity contribution in [3.63, 3.8) is 0 Å². The quantitative estimate of drug-likeness (QED) is 0.226. The fourth-order valence-corrected chi connectivity index (χ4v) is 5.10. The smallest absolute Gasteiger partial charge is 0.341 e. The van der Waals surface area contributed by atoms with E-state index in [9.17, 15) is 4.79 Å². The first-order valence-electron chi connectivity index (χ1n) is 8.82. The van der Waals surface area contributed by atoms with Crippen molar-refractivity contribution >= 4 is 68.5 Å². The molecule has 3 nitrogen and oxygen atoms in total. The summed E-state index contributed by atoms with van der Waals surface area (Å²) in [4.78, 5) is 11.8. The molecule has 0 aliphatic rings. The maximum atomic E-state index is 10.7. The molecule has 0 amide bonds. The van der Waals surface area contributed by atoms with Crippen LogP contribution in [0.4, 0.5) is 0 Å². The van der Waals surface area contributed by atoms with Crippen LogP contribution in [-0.2, 0) is 4.79 Å². The van der Waals surface area contributed by atoms with Crippen LogP contribution in [0.3, 0.4) is 0 Å². The van der Waals surface area contributed by atoms with Crippen LogP contribution in [0.5, 0.6) is 5.75 Å². The second-order valence-corrected chi connectivity index (χ2v) is 9.47. The van der Waals surface area contributed by atoms with Gasteiger partial charge in [-0.3, -0.25) is 0 Å². The minimum atomic E-state index is -0.978. The van der Waals surface area contributed by atoms with E-state index < -0.39 is 5.97 Å². The number of hydrogen-bond donors (Lipinski definition) is 1. The topological polar surface area (TPSA) is 46.5 Å². The number of aliphatic carboxylic acids is 1.